The van der Waals surface area contributed by atoms with Crippen molar-refractivity contribution in [3.63, 3.8) is 0 Å². The quantitative estimate of drug-likeness (QED) is 0.535. The third-order valence-corrected chi connectivity index (χ3v) is 5.52. The topological polar surface area (TPSA) is 141 Å². The Kier molecular flexibility index (Phi) is 6.52. The highest BCUT2D eigenvalue weighted by Gasteiger charge is 2.38. The van der Waals surface area contributed by atoms with Crippen LogP contribution in [-0.4, -0.2) is 41.7 Å². The Morgan fingerprint density at radius 1 is 1.19 bits per heavy atom. The second kappa shape index (κ2) is 9.67. The maximum absolute atomic E-state index is 12.3. The van der Waals surface area contributed by atoms with E-state index in [2.05, 4.69) is 35.8 Å². The summed E-state index contributed by atoms with van der Waals surface area (Å²) in [6.45, 7) is 1.51. The number of carbonyl (C=O) groups excluding carboxylic acids is 2. The van der Waals surface area contributed by atoms with Gasteiger partial charge in [-0.25, -0.2) is 14.6 Å². The van der Waals surface area contributed by atoms with Crippen molar-refractivity contribution in [1.29, 1.82) is 0 Å². The van der Waals surface area contributed by atoms with Gasteiger partial charge in [-0.15, -0.1) is 0 Å². The molecule has 3 aromatic heterocycles. The summed E-state index contributed by atoms with van der Waals surface area (Å²) in [5, 5.41) is 14.0. The number of hydrogen-bond acceptors (Lipinski definition) is 8. The molecule has 0 saturated heterocycles. The third kappa shape index (κ3) is 5.16. The van der Waals surface area contributed by atoms with Crippen LogP contribution in [0.5, 0.6) is 0 Å². The van der Waals surface area contributed by atoms with Crippen molar-refractivity contribution >= 4 is 17.5 Å². The van der Waals surface area contributed by atoms with Crippen LogP contribution in [0.2, 0.25) is 0 Å². The predicted octanol–water partition coefficient (Wildman–Crippen LogP) is 2.30. The molecule has 0 aromatic carbocycles. The number of carbonyl (C=O) groups is 2. The van der Waals surface area contributed by atoms with E-state index < -0.39 is 5.54 Å². The zero-order valence-corrected chi connectivity index (χ0v) is 18.0. The van der Waals surface area contributed by atoms with E-state index in [1.54, 1.807) is 24.7 Å². The van der Waals surface area contributed by atoms with Gasteiger partial charge in [-0.3, -0.25) is 9.59 Å². The molecule has 0 atom stereocenters. The number of rotatable bonds is 7. The zero-order valence-electron chi connectivity index (χ0n) is 18.0. The normalized spacial score (nSPS) is 15.7. The number of nitrogens with one attached hydrogen (secondary N) is 2. The molecule has 3 aromatic rings. The van der Waals surface area contributed by atoms with Crippen molar-refractivity contribution in [3.8, 4) is 5.82 Å². The lowest BCUT2D eigenvalue weighted by Crippen LogP contribution is -2.45. The first-order valence-electron chi connectivity index (χ1n) is 10.8. The number of anilines is 1. The van der Waals surface area contributed by atoms with Gasteiger partial charge in [-0.2, -0.15) is 10.1 Å². The van der Waals surface area contributed by atoms with Crippen molar-refractivity contribution in [2.75, 3.05) is 5.32 Å². The van der Waals surface area contributed by atoms with E-state index in [0.717, 1.165) is 38.5 Å². The maximum Gasteiger partial charge on any atom is 0.227 e. The van der Waals surface area contributed by atoms with Crippen LogP contribution in [0.3, 0.4) is 0 Å². The summed E-state index contributed by atoms with van der Waals surface area (Å²) >= 11 is 0. The molecule has 0 bridgehead atoms. The molecule has 3 heterocycles. The summed E-state index contributed by atoms with van der Waals surface area (Å²) in [7, 11) is 0. The number of aryl methyl sites for hydroxylation is 1. The van der Waals surface area contributed by atoms with Crippen molar-refractivity contribution in [2.24, 2.45) is 0 Å². The fourth-order valence-electron chi connectivity index (χ4n) is 3.99. The number of hydrogen-bond donors (Lipinski definition) is 2. The molecule has 0 radical (unpaired) electrons. The molecule has 0 unspecified atom stereocenters. The second-order valence-corrected chi connectivity index (χ2v) is 7.98. The van der Waals surface area contributed by atoms with Gasteiger partial charge in [-0.05, 0) is 25.0 Å². The number of aromatic nitrogens is 6. The fourth-order valence-corrected chi connectivity index (χ4v) is 3.99. The second-order valence-electron chi connectivity index (χ2n) is 7.98. The Morgan fingerprint density at radius 3 is 2.66 bits per heavy atom. The predicted molar refractivity (Wildman–Crippen MR) is 114 cm³/mol. The Balaban J connectivity index is 1.35. The molecule has 0 aliphatic heterocycles. The van der Waals surface area contributed by atoms with Crippen molar-refractivity contribution in [3.05, 3.63) is 42.7 Å². The first-order chi connectivity index (χ1) is 15.5. The van der Waals surface area contributed by atoms with Crippen LogP contribution in [0.25, 0.3) is 5.82 Å². The fraction of sp³-hybridized carbons (Fsp3) is 0.476. The summed E-state index contributed by atoms with van der Waals surface area (Å²) < 4.78 is 6.93. The van der Waals surface area contributed by atoms with Crippen LogP contribution >= 0.6 is 0 Å². The van der Waals surface area contributed by atoms with Gasteiger partial charge in [0.25, 0.3) is 0 Å². The monoisotopic (exact) mass is 438 g/mol. The van der Waals surface area contributed by atoms with Gasteiger partial charge in [0, 0.05) is 19.8 Å². The minimum atomic E-state index is -0.593. The molecular weight excluding hydrogens is 412 g/mol. The number of nitrogens with zero attached hydrogens (tertiary/aromatic N) is 6. The maximum atomic E-state index is 12.3. The largest absolute Gasteiger partial charge is 0.343 e. The van der Waals surface area contributed by atoms with Crippen LogP contribution in [0.15, 0.2) is 35.5 Å². The van der Waals surface area contributed by atoms with Gasteiger partial charge in [0.15, 0.2) is 11.6 Å². The standard InChI is InChI=1S/C21H26N8O3/c1-15(30)27-21(10-4-2-3-5-11-21)20-26-19(32-28-20)9-8-18(31)25-16-6-7-17(23-12-16)29-14-22-13-24-29/h6-7,12-14H,2-5,8-11H2,1H3,(H,25,31)(H,27,30). The number of amides is 2. The van der Waals surface area contributed by atoms with Crippen LogP contribution < -0.4 is 10.6 Å². The third-order valence-electron chi connectivity index (χ3n) is 5.52. The average molecular weight is 438 g/mol. The van der Waals surface area contributed by atoms with Gasteiger partial charge in [0.1, 0.15) is 18.2 Å². The highest BCUT2D eigenvalue weighted by molar-refractivity contribution is 5.90. The smallest absolute Gasteiger partial charge is 0.227 e. The van der Waals surface area contributed by atoms with Gasteiger partial charge < -0.3 is 15.2 Å². The SMILES string of the molecule is CC(=O)NC1(c2noc(CCC(=O)Nc3ccc(-n4cncn4)nc3)n2)CCCCCC1. The lowest BCUT2D eigenvalue weighted by Gasteiger charge is -2.30. The summed E-state index contributed by atoms with van der Waals surface area (Å²) in [5.74, 6) is 1.18. The minimum absolute atomic E-state index is 0.110. The Bertz CT molecular complexity index is 1040. The van der Waals surface area contributed by atoms with E-state index in [-0.39, 0.29) is 18.2 Å². The molecule has 2 amide bonds. The van der Waals surface area contributed by atoms with E-state index in [0.29, 0.717) is 29.6 Å². The summed E-state index contributed by atoms with van der Waals surface area (Å²) in [6, 6.07) is 3.48. The first kappa shape index (κ1) is 21.6. The molecule has 1 aliphatic rings. The van der Waals surface area contributed by atoms with E-state index in [1.807, 2.05) is 0 Å². The molecule has 1 fully saturated rings. The molecule has 168 valence electrons. The molecule has 1 aliphatic carbocycles. The van der Waals surface area contributed by atoms with Crippen molar-refractivity contribution in [2.45, 2.75) is 63.8 Å². The molecule has 1 saturated carbocycles. The minimum Gasteiger partial charge on any atom is -0.343 e. The highest BCUT2D eigenvalue weighted by atomic mass is 16.5. The Morgan fingerprint density at radius 2 is 2.00 bits per heavy atom. The van der Waals surface area contributed by atoms with Crippen LogP contribution in [0.4, 0.5) is 5.69 Å². The summed E-state index contributed by atoms with van der Waals surface area (Å²) in [5.41, 5.74) is -0.0164. The van der Waals surface area contributed by atoms with E-state index >= 15 is 0 Å². The van der Waals surface area contributed by atoms with Gasteiger partial charge >= 0.3 is 0 Å². The molecule has 0 spiro atoms. The summed E-state index contributed by atoms with van der Waals surface area (Å²) in [4.78, 5) is 36.8. The molecule has 11 nitrogen and oxygen atoms in total. The van der Waals surface area contributed by atoms with E-state index in [1.165, 1.54) is 17.9 Å². The summed E-state index contributed by atoms with van der Waals surface area (Å²) in [6.07, 6.45) is 10.8. The van der Waals surface area contributed by atoms with Gasteiger partial charge in [0.2, 0.25) is 17.7 Å². The molecule has 4 rings (SSSR count). The van der Waals surface area contributed by atoms with Crippen molar-refractivity contribution < 1.29 is 14.1 Å². The van der Waals surface area contributed by atoms with E-state index in [9.17, 15) is 9.59 Å². The molecular formula is C21H26N8O3. The van der Waals surface area contributed by atoms with Gasteiger partial charge in [-0.1, -0.05) is 30.8 Å². The highest BCUT2D eigenvalue weighted by Crippen LogP contribution is 2.34. The first-order valence-corrected chi connectivity index (χ1v) is 10.8. The molecule has 2 N–H and O–H groups in total. The zero-order chi connectivity index (χ0) is 22.4. The van der Waals surface area contributed by atoms with Gasteiger partial charge in [0.05, 0.1) is 11.9 Å². The Labute approximate surface area is 185 Å². The van der Waals surface area contributed by atoms with Crippen molar-refractivity contribution in [1.82, 2.24) is 35.2 Å². The Hall–Kier alpha value is -3.63. The van der Waals surface area contributed by atoms with Crippen LogP contribution in [0.1, 0.15) is 63.6 Å². The van der Waals surface area contributed by atoms with Crippen LogP contribution in [0, 0.1) is 0 Å². The molecule has 11 heteroatoms. The lowest BCUT2D eigenvalue weighted by atomic mass is 9.89. The van der Waals surface area contributed by atoms with Crippen LogP contribution in [-0.2, 0) is 21.5 Å². The lowest BCUT2D eigenvalue weighted by molar-refractivity contribution is -0.121. The van der Waals surface area contributed by atoms with E-state index in [4.69, 9.17) is 4.52 Å². The average Bonchev–Trinajstić information content (AvgIpc) is 3.43. The molecule has 32 heavy (non-hydrogen) atoms. The number of pyridine rings is 1.